The van der Waals surface area contributed by atoms with Crippen LogP contribution in [0.4, 0.5) is 5.69 Å². The van der Waals surface area contributed by atoms with Crippen LogP contribution in [0.1, 0.15) is 5.56 Å². The molecule has 24 heavy (non-hydrogen) atoms. The van der Waals surface area contributed by atoms with E-state index in [0.29, 0.717) is 6.54 Å². The van der Waals surface area contributed by atoms with Crippen molar-refractivity contribution >= 4 is 34.0 Å². The number of carbonyl (C=O) groups is 1. The molecule has 2 aromatic carbocycles. The zero-order chi connectivity index (χ0) is 16.9. The molecule has 0 spiro atoms. The van der Waals surface area contributed by atoms with E-state index in [4.69, 9.17) is 16.3 Å². The SMILES string of the molecule is COc1ccccc1CN(C(=O)CCl)c1cccc2cnccc12. The lowest BCUT2D eigenvalue weighted by Gasteiger charge is -2.24. The Morgan fingerprint density at radius 3 is 2.79 bits per heavy atom. The molecule has 1 amide bonds. The van der Waals surface area contributed by atoms with Gasteiger partial charge < -0.3 is 9.64 Å². The van der Waals surface area contributed by atoms with Gasteiger partial charge in [0, 0.05) is 28.7 Å². The van der Waals surface area contributed by atoms with Crippen LogP contribution in [0.5, 0.6) is 5.75 Å². The molecule has 0 saturated heterocycles. The maximum atomic E-state index is 12.5. The average molecular weight is 341 g/mol. The fourth-order valence-electron chi connectivity index (χ4n) is 2.72. The van der Waals surface area contributed by atoms with Gasteiger partial charge in [0.25, 0.3) is 0 Å². The number of para-hydroxylation sites is 1. The number of hydrogen-bond acceptors (Lipinski definition) is 3. The molecule has 1 aromatic heterocycles. The first-order valence-corrected chi connectivity index (χ1v) is 8.09. The van der Waals surface area contributed by atoms with Gasteiger partial charge >= 0.3 is 0 Å². The number of hydrogen-bond donors (Lipinski definition) is 0. The van der Waals surface area contributed by atoms with Crippen LogP contribution in [0.2, 0.25) is 0 Å². The van der Waals surface area contributed by atoms with E-state index in [1.165, 1.54) is 0 Å². The molecule has 3 rings (SSSR count). The molecule has 0 fully saturated rings. The van der Waals surface area contributed by atoms with Crippen molar-refractivity contribution in [1.82, 2.24) is 4.98 Å². The van der Waals surface area contributed by atoms with Crippen LogP contribution in [-0.2, 0) is 11.3 Å². The second-order valence-electron chi connectivity index (χ2n) is 5.30. The quantitative estimate of drug-likeness (QED) is 0.659. The van der Waals surface area contributed by atoms with E-state index < -0.39 is 0 Å². The minimum atomic E-state index is -0.160. The van der Waals surface area contributed by atoms with Crippen LogP contribution in [0.25, 0.3) is 10.8 Å². The Kier molecular flexibility index (Phi) is 4.96. The zero-order valence-electron chi connectivity index (χ0n) is 13.3. The molecule has 0 atom stereocenters. The van der Waals surface area contributed by atoms with Gasteiger partial charge in [-0.3, -0.25) is 9.78 Å². The molecule has 0 aliphatic heterocycles. The number of methoxy groups -OCH3 is 1. The first-order valence-electron chi connectivity index (χ1n) is 7.55. The van der Waals surface area contributed by atoms with E-state index >= 15 is 0 Å². The van der Waals surface area contributed by atoms with Gasteiger partial charge in [-0.1, -0.05) is 30.3 Å². The second-order valence-corrected chi connectivity index (χ2v) is 5.57. The number of rotatable bonds is 5. The van der Waals surface area contributed by atoms with Gasteiger partial charge in [-0.25, -0.2) is 0 Å². The van der Waals surface area contributed by atoms with Gasteiger partial charge in [0.15, 0.2) is 0 Å². The van der Waals surface area contributed by atoms with E-state index in [1.54, 1.807) is 24.4 Å². The number of carbonyl (C=O) groups excluding carboxylic acids is 1. The monoisotopic (exact) mass is 340 g/mol. The molecule has 122 valence electrons. The Morgan fingerprint density at radius 1 is 1.17 bits per heavy atom. The van der Waals surface area contributed by atoms with Crippen molar-refractivity contribution in [3.05, 3.63) is 66.5 Å². The van der Waals surface area contributed by atoms with Crippen molar-refractivity contribution in [2.24, 2.45) is 0 Å². The normalized spacial score (nSPS) is 10.6. The number of aromatic nitrogens is 1. The number of nitrogens with zero attached hydrogens (tertiary/aromatic N) is 2. The summed E-state index contributed by atoms with van der Waals surface area (Å²) in [6.07, 6.45) is 3.50. The zero-order valence-corrected chi connectivity index (χ0v) is 14.0. The number of anilines is 1. The van der Waals surface area contributed by atoms with Gasteiger partial charge in [0.1, 0.15) is 11.6 Å². The van der Waals surface area contributed by atoms with E-state index in [-0.39, 0.29) is 11.8 Å². The van der Waals surface area contributed by atoms with E-state index in [1.807, 2.05) is 48.5 Å². The molecule has 1 heterocycles. The molecule has 0 saturated carbocycles. The number of ether oxygens (including phenoxy) is 1. The van der Waals surface area contributed by atoms with Gasteiger partial charge in [-0.05, 0) is 18.2 Å². The largest absolute Gasteiger partial charge is 0.496 e. The Hall–Kier alpha value is -2.59. The maximum absolute atomic E-state index is 12.5. The molecule has 5 heteroatoms. The van der Waals surface area contributed by atoms with Gasteiger partial charge in [-0.2, -0.15) is 0 Å². The highest BCUT2D eigenvalue weighted by atomic mass is 35.5. The van der Waals surface area contributed by atoms with Crippen molar-refractivity contribution in [3.8, 4) is 5.75 Å². The van der Waals surface area contributed by atoms with Gasteiger partial charge in [0.2, 0.25) is 5.91 Å². The third-order valence-electron chi connectivity index (χ3n) is 3.88. The Bertz CT molecular complexity index is 861. The van der Waals surface area contributed by atoms with Crippen LogP contribution < -0.4 is 9.64 Å². The minimum Gasteiger partial charge on any atom is -0.496 e. The molecule has 0 radical (unpaired) electrons. The predicted octanol–water partition coefficient (Wildman–Crippen LogP) is 4.02. The number of fused-ring (bicyclic) bond motifs is 1. The summed E-state index contributed by atoms with van der Waals surface area (Å²) in [6.45, 7) is 0.386. The average Bonchev–Trinajstić information content (AvgIpc) is 2.65. The number of pyridine rings is 1. The first kappa shape index (κ1) is 16.3. The van der Waals surface area contributed by atoms with Crippen molar-refractivity contribution in [2.45, 2.75) is 6.54 Å². The van der Waals surface area contributed by atoms with E-state index in [2.05, 4.69) is 4.98 Å². The predicted molar refractivity (Wildman–Crippen MR) is 96.6 cm³/mol. The topological polar surface area (TPSA) is 42.4 Å². The summed E-state index contributed by atoms with van der Waals surface area (Å²) < 4.78 is 5.40. The number of benzene rings is 2. The summed E-state index contributed by atoms with van der Waals surface area (Å²) in [5, 5.41) is 1.93. The Balaban J connectivity index is 2.08. The summed E-state index contributed by atoms with van der Waals surface area (Å²) in [5.41, 5.74) is 1.73. The molecule has 0 aliphatic rings. The Morgan fingerprint density at radius 2 is 2.00 bits per heavy atom. The fraction of sp³-hybridized carbons (Fsp3) is 0.158. The third-order valence-corrected chi connectivity index (χ3v) is 4.11. The second kappa shape index (κ2) is 7.32. The highest BCUT2D eigenvalue weighted by molar-refractivity contribution is 6.29. The smallest absolute Gasteiger partial charge is 0.242 e. The van der Waals surface area contributed by atoms with Crippen molar-refractivity contribution in [3.63, 3.8) is 0 Å². The number of alkyl halides is 1. The first-order chi connectivity index (χ1) is 11.7. The van der Waals surface area contributed by atoms with Crippen LogP contribution in [0.3, 0.4) is 0 Å². The lowest BCUT2D eigenvalue weighted by molar-refractivity contribution is -0.116. The third kappa shape index (κ3) is 3.19. The van der Waals surface area contributed by atoms with Crippen LogP contribution in [0, 0.1) is 0 Å². The molecule has 4 nitrogen and oxygen atoms in total. The molecule has 3 aromatic rings. The van der Waals surface area contributed by atoms with Crippen molar-refractivity contribution < 1.29 is 9.53 Å². The molecule has 0 unspecified atom stereocenters. The highest BCUT2D eigenvalue weighted by Crippen LogP contribution is 2.29. The molecule has 0 N–H and O–H groups in total. The van der Waals surface area contributed by atoms with E-state index in [0.717, 1.165) is 27.8 Å². The summed E-state index contributed by atoms with van der Waals surface area (Å²) in [4.78, 5) is 18.3. The number of halogens is 1. The Labute approximate surface area is 145 Å². The molecular formula is C19H17ClN2O2. The van der Waals surface area contributed by atoms with Gasteiger partial charge in [0.05, 0.1) is 19.3 Å². The lowest BCUT2D eigenvalue weighted by Crippen LogP contribution is -2.31. The molecule has 0 bridgehead atoms. The van der Waals surface area contributed by atoms with E-state index in [9.17, 15) is 4.79 Å². The lowest BCUT2D eigenvalue weighted by atomic mass is 10.1. The standard InChI is InChI=1S/C19H17ClN2O2/c1-24-18-8-3-2-5-15(18)13-22(19(23)11-20)17-7-4-6-14-12-21-10-9-16(14)17/h2-10,12H,11,13H2,1H3. The summed E-state index contributed by atoms with van der Waals surface area (Å²) >= 11 is 5.85. The highest BCUT2D eigenvalue weighted by Gasteiger charge is 2.19. The van der Waals surface area contributed by atoms with Crippen LogP contribution in [-0.4, -0.2) is 23.9 Å². The number of amides is 1. The minimum absolute atomic E-state index is 0.0867. The fourth-order valence-corrected chi connectivity index (χ4v) is 2.87. The summed E-state index contributed by atoms with van der Waals surface area (Å²) in [7, 11) is 1.62. The molecule has 0 aliphatic carbocycles. The van der Waals surface area contributed by atoms with Crippen molar-refractivity contribution in [2.75, 3.05) is 17.9 Å². The van der Waals surface area contributed by atoms with Gasteiger partial charge in [-0.15, -0.1) is 11.6 Å². The van der Waals surface area contributed by atoms with Crippen LogP contribution >= 0.6 is 11.6 Å². The summed E-state index contributed by atoms with van der Waals surface area (Å²) in [6, 6.07) is 15.4. The van der Waals surface area contributed by atoms with Crippen LogP contribution in [0.15, 0.2) is 60.9 Å². The molecular weight excluding hydrogens is 324 g/mol. The van der Waals surface area contributed by atoms with Crippen molar-refractivity contribution in [1.29, 1.82) is 0 Å². The summed E-state index contributed by atoms with van der Waals surface area (Å²) in [5.74, 6) is 0.495. The maximum Gasteiger partial charge on any atom is 0.242 e.